The summed E-state index contributed by atoms with van der Waals surface area (Å²) in [5.41, 5.74) is 0.463. The number of benzene rings is 1. The SMILES string of the molecule is CN=C(NCC(O)c1cccc(OC)c1)N1CC(=O)N(C(C)C)C(C)(C)C1. The molecule has 27 heavy (non-hydrogen) atoms. The minimum atomic E-state index is -0.711. The Balaban J connectivity index is 2.04. The number of ether oxygens (including phenoxy) is 1. The highest BCUT2D eigenvalue weighted by Crippen LogP contribution is 2.24. The molecule has 0 bridgehead atoms. The summed E-state index contributed by atoms with van der Waals surface area (Å²) < 4.78 is 5.21. The number of aliphatic hydroxyl groups excluding tert-OH is 1. The van der Waals surface area contributed by atoms with E-state index in [2.05, 4.69) is 24.2 Å². The van der Waals surface area contributed by atoms with Crippen molar-refractivity contribution in [2.24, 2.45) is 4.99 Å². The molecule has 1 fully saturated rings. The third-order valence-corrected chi connectivity index (χ3v) is 4.78. The average molecular weight is 377 g/mol. The van der Waals surface area contributed by atoms with Crippen LogP contribution in [0.15, 0.2) is 29.3 Å². The topological polar surface area (TPSA) is 77.4 Å². The van der Waals surface area contributed by atoms with E-state index in [4.69, 9.17) is 4.74 Å². The Morgan fingerprint density at radius 3 is 2.67 bits per heavy atom. The number of rotatable bonds is 5. The monoisotopic (exact) mass is 376 g/mol. The van der Waals surface area contributed by atoms with Crippen LogP contribution in [0.4, 0.5) is 0 Å². The standard InChI is InChI=1S/C20H32N4O3/c1-14(2)24-18(26)12-23(13-20(24,3)4)19(21-5)22-11-17(25)15-8-7-9-16(10-15)27-6/h7-10,14,17,25H,11-13H2,1-6H3,(H,21,22). The molecule has 1 amide bonds. The second-order valence-electron chi connectivity index (χ2n) is 7.75. The van der Waals surface area contributed by atoms with Crippen LogP contribution in [-0.2, 0) is 4.79 Å². The molecule has 1 aliphatic rings. The molecule has 0 saturated carbocycles. The van der Waals surface area contributed by atoms with E-state index in [1.165, 1.54) is 0 Å². The van der Waals surface area contributed by atoms with Gasteiger partial charge in [-0.05, 0) is 45.4 Å². The van der Waals surface area contributed by atoms with E-state index >= 15 is 0 Å². The van der Waals surface area contributed by atoms with E-state index in [0.29, 0.717) is 24.8 Å². The molecule has 1 atom stereocenters. The van der Waals surface area contributed by atoms with Gasteiger partial charge >= 0.3 is 0 Å². The summed E-state index contributed by atoms with van der Waals surface area (Å²) in [6.07, 6.45) is -0.711. The zero-order chi connectivity index (χ0) is 20.2. The van der Waals surface area contributed by atoms with Crippen molar-refractivity contribution in [3.8, 4) is 5.75 Å². The predicted octanol–water partition coefficient (Wildman–Crippen LogP) is 1.64. The Hall–Kier alpha value is -2.28. The van der Waals surface area contributed by atoms with Gasteiger partial charge in [0.15, 0.2) is 5.96 Å². The van der Waals surface area contributed by atoms with Crippen molar-refractivity contribution in [3.63, 3.8) is 0 Å². The van der Waals surface area contributed by atoms with Crippen LogP contribution in [-0.4, -0.2) is 72.1 Å². The van der Waals surface area contributed by atoms with Crippen molar-refractivity contribution >= 4 is 11.9 Å². The van der Waals surface area contributed by atoms with E-state index in [1.54, 1.807) is 14.2 Å². The Kier molecular flexibility index (Phi) is 6.70. The van der Waals surface area contributed by atoms with Crippen LogP contribution in [0.2, 0.25) is 0 Å². The van der Waals surface area contributed by atoms with Crippen LogP contribution in [0, 0.1) is 0 Å². The van der Waals surface area contributed by atoms with Gasteiger partial charge in [-0.15, -0.1) is 0 Å². The quantitative estimate of drug-likeness (QED) is 0.603. The molecule has 2 rings (SSSR count). The van der Waals surface area contributed by atoms with E-state index in [9.17, 15) is 9.90 Å². The van der Waals surface area contributed by atoms with Gasteiger partial charge in [0.1, 0.15) is 5.75 Å². The molecule has 1 aromatic rings. The smallest absolute Gasteiger partial charge is 0.242 e. The van der Waals surface area contributed by atoms with Crippen LogP contribution in [0.5, 0.6) is 5.75 Å². The van der Waals surface area contributed by atoms with Crippen molar-refractivity contribution in [2.45, 2.75) is 45.4 Å². The van der Waals surface area contributed by atoms with Gasteiger partial charge in [-0.1, -0.05) is 12.1 Å². The molecule has 0 aliphatic carbocycles. The summed E-state index contributed by atoms with van der Waals surface area (Å²) in [6.45, 7) is 9.44. The Morgan fingerprint density at radius 2 is 2.11 bits per heavy atom. The molecule has 1 aromatic carbocycles. The van der Waals surface area contributed by atoms with Crippen molar-refractivity contribution < 1.29 is 14.6 Å². The van der Waals surface area contributed by atoms with E-state index in [-0.39, 0.29) is 24.0 Å². The van der Waals surface area contributed by atoms with E-state index in [0.717, 1.165) is 5.56 Å². The number of guanidine groups is 1. The highest BCUT2D eigenvalue weighted by Gasteiger charge is 2.40. The number of piperazine rings is 1. The summed E-state index contributed by atoms with van der Waals surface area (Å²) in [5.74, 6) is 1.40. The van der Waals surface area contributed by atoms with Gasteiger partial charge in [-0.3, -0.25) is 9.79 Å². The van der Waals surface area contributed by atoms with Crippen LogP contribution in [0.3, 0.4) is 0 Å². The minimum absolute atomic E-state index is 0.0811. The Morgan fingerprint density at radius 1 is 1.41 bits per heavy atom. The fraction of sp³-hybridized carbons (Fsp3) is 0.600. The first-order chi connectivity index (χ1) is 12.7. The molecule has 1 heterocycles. The zero-order valence-corrected chi connectivity index (χ0v) is 17.2. The molecular weight excluding hydrogens is 344 g/mol. The van der Waals surface area contributed by atoms with Gasteiger partial charge in [0.2, 0.25) is 5.91 Å². The zero-order valence-electron chi connectivity index (χ0n) is 17.2. The summed E-state index contributed by atoms with van der Waals surface area (Å²) >= 11 is 0. The average Bonchev–Trinajstić information content (AvgIpc) is 2.60. The maximum Gasteiger partial charge on any atom is 0.242 e. The van der Waals surface area contributed by atoms with Crippen molar-refractivity contribution in [2.75, 3.05) is 33.8 Å². The van der Waals surface area contributed by atoms with E-state index < -0.39 is 6.10 Å². The molecule has 150 valence electrons. The Bertz CT molecular complexity index is 688. The molecule has 1 aliphatic heterocycles. The Labute approximate surface area is 162 Å². The second kappa shape index (κ2) is 8.61. The van der Waals surface area contributed by atoms with Crippen molar-refractivity contribution in [1.29, 1.82) is 0 Å². The maximum absolute atomic E-state index is 12.7. The van der Waals surface area contributed by atoms with Crippen molar-refractivity contribution in [3.05, 3.63) is 29.8 Å². The summed E-state index contributed by atoms with van der Waals surface area (Å²) in [6, 6.07) is 7.50. The number of methoxy groups -OCH3 is 1. The normalized spacial score (nSPS) is 18.7. The van der Waals surface area contributed by atoms with Crippen LogP contribution >= 0.6 is 0 Å². The lowest BCUT2D eigenvalue weighted by atomic mass is 9.96. The number of hydrogen-bond donors (Lipinski definition) is 2. The number of aliphatic hydroxyl groups is 1. The highest BCUT2D eigenvalue weighted by atomic mass is 16.5. The number of carbonyl (C=O) groups excluding carboxylic acids is 1. The minimum Gasteiger partial charge on any atom is -0.497 e. The lowest BCUT2D eigenvalue weighted by Crippen LogP contribution is -2.66. The van der Waals surface area contributed by atoms with Gasteiger partial charge in [0.05, 0.1) is 25.3 Å². The van der Waals surface area contributed by atoms with Crippen LogP contribution < -0.4 is 10.1 Å². The fourth-order valence-electron chi connectivity index (χ4n) is 3.80. The summed E-state index contributed by atoms with van der Waals surface area (Å²) in [7, 11) is 3.29. The first-order valence-electron chi connectivity index (χ1n) is 9.29. The molecule has 7 nitrogen and oxygen atoms in total. The molecule has 7 heteroatoms. The van der Waals surface area contributed by atoms with Crippen LogP contribution in [0.25, 0.3) is 0 Å². The third-order valence-electron chi connectivity index (χ3n) is 4.78. The third kappa shape index (κ3) is 4.91. The number of nitrogens with one attached hydrogen (secondary N) is 1. The molecule has 1 unspecified atom stereocenters. The lowest BCUT2D eigenvalue weighted by molar-refractivity contribution is -0.145. The number of aliphatic imine (C=N–C) groups is 1. The number of nitrogens with zero attached hydrogens (tertiary/aromatic N) is 3. The number of amides is 1. The first kappa shape index (κ1) is 21.0. The molecule has 0 spiro atoms. The van der Waals surface area contributed by atoms with E-state index in [1.807, 2.05) is 47.9 Å². The molecule has 0 aromatic heterocycles. The number of carbonyl (C=O) groups is 1. The largest absolute Gasteiger partial charge is 0.497 e. The number of hydrogen-bond acceptors (Lipinski definition) is 4. The summed E-state index contributed by atoms with van der Waals surface area (Å²) in [5, 5.41) is 13.7. The predicted molar refractivity (Wildman–Crippen MR) is 107 cm³/mol. The van der Waals surface area contributed by atoms with Crippen molar-refractivity contribution in [1.82, 2.24) is 15.1 Å². The molecular formula is C20H32N4O3. The van der Waals surface area contributed by atoms with Gasteiger partial charge in [0, 0.05) is 26.2 Å². The van der Waals surface area contributed by atoms with Crippen LogP contribution in [0.1, 0.15) is 39.4 Å². The van der Waals surface area contributed by atoms with Gasteiger partial charge in [-0.2, -0.15) is 0 Å². The first-order valence-corrected chi connectivity index (χ1v) is 9.29. The highest BCUT2D eigenvalue weighted by molar-refractivity contribution is 5.88. The second-order valence-corrected chi connectivity index (χ2v) is 7.75. The fourth-order valence-corrected chi connectivity index (χ4v) is 3.80. The molecule has 2 N–H and O–H groups in total. The maximum atomic E-state index is 12.7. The lowest BCUT2D eigenvalue weighted by Gasteiger charge is -2.49. The van der Waals surface area contributed by atoms with Gasteiger partial charge in [0.25, 0.3) is 0 Å². The van der Waals surface area contributed by atoms with Gasteiger partial charge < -0.3 is 25.0 Å². The summed E-state index contributed by atoms with van der Waals surface area (Å²) in [4.78, 5) is 20.8. The molecule has 1 saturated heterocycles. The molecule has 0 radical (unpaired) electrons. The van der Waals surface area contributed by atoms with Gasteiger partial charge in [-0.25, -0.2) is 0 Å².